The first-order valence-corrected chi connectivity index (χ1v) is 10.8. The van der Waals surface area contributed by atoms with Crippen molar-refractivity contribution in [1.82, 2.24) is 10.2 Å². The number of amides is 1. The van der Waals surface area contributed by atoms with E-state index in [1.54, 1.807) is 14.2 Å². The number of aromatic nitrogens is 2. The van der Waals surface area contributed by atoms with E-state index < -0.39 is 0 Å². The predicted molar refractivity (Wildman–Crippen MR) is 118 cm³/mol. The van der Waals surface area contributed by atoms with Crippen LogP contribution in [0.2, 0.25) is 0 Å². The number of benzene rings is 2. The third-order valence-corrected chi connectivity index (χ3v) is 5.98. The fraction of sp³-hybridized carbons (Fsp3) is 0.261. The van der Waals surface area contributed by atoms with Gasteiger partial charge in [0.25, 0.3) is 0 Å². The Hall–Kier alpha value is -3.06. The molecule has 1 aromatic heterocycles. The molecule has 3 aromatic rings. The molecule has 154 valence electrons. The van der Waals surface area contributed by atoms with E-state index in [2.05, 4.69) is 16.3 Å². The molecule has 1 amide bonds. The van der Waals surface area contributed by atoms with Crippen LogP contribution >= 0.6 is 11.8 Å². The monoisotopic (exact) mass is 421 g/mol. The molecule has 0 bridgehead atoms. The largest absolute Gasteiger partial charge is 0.497 e. The third kappa shape index (κ3) is 4.26. The van der Waals surface area contributed by atoms with Gasteiger partial charge in [-0.15, -0.1) is 10.2 Å². The van der Waals surface area contributed by atoms with Gasteiger partial charge in [-0.2, -0.15) is 0 Å². The van der Waals surface area contributed by atoms with E-state index in [0.717, 1.165) is 36.4 Å². The van der Waals surface area contributed by atoms with Gasteiger partial charge in [0.15, 0.2) is 0 Å². The number of methoxy groups -OCH3 is 2. The van der Waals surface area contributed by atoms with Crippen LogP contribution in [0.25, 0.3) is 11.3 Å². The Morgan fingerprint density at radius 3 is 2.70 bits per heavy atom. The second-order valence-electron chi connectivity index (χ2n) is 6.89. The molecule has 30 heavy (non-hydrogen) atoms. The van der Waals surface area contributed by atoms with Crippen LogP contribution in [-0.4, -0.2) is 42.6 Å². The number of hydrogen-bond acceptors (Lipinski definition) is 6. The maximum Gasteiger partial charge on any atom is 0.237 e. The molecule has 0 fully saturated rings. The lowest BCUT2D eigenvalue weighted by Crippen LogP contribution is -2.36. The molecule has 6 nitrogen and oxygen atoms in total. The first kappa shape index (κ1) is 20.2. The number of ether oxygens (including phenoxy) is 2. The Morgan fingerprint density at radius 1 is 1.07 bits per heavy atom. The molecule has 1 aliphatic rings. The van der Waals surface area contributed by atoms with Crippen molar-refractivity contribution in [3.8, 4) is 22.8 Å². The lowest BCUT2D eigenvalue weighted by atomic mass is 10.0. The number of fused-ring (bicyclic) bond motifs is 1. The van der Waals surface area contributed by atoms with Gasteiger partial charge in [0.05, 0.1) is 25.7 Å². The molecule has 0 saturated heterocycles. The highest BCUT2D eigenvalue weighted by Crippen LogP contribution is 2.33. The number of para-hydroxylation sites is 1. The predicted octanol–water partition coefficient (Wildman–Crippen LogP) is 4.23. The Morgan fingerprint density at radius 2 is 1.93 bits per heavy atom. The van der Waals surface area contributed by atoms with Gasteiger partial charge < -0.3 is 14.4 Å². The summed E-state index contributed by atoms with van der Waals surface area (Å²) < 4.78 is 10.7. The molecule has 0 atom stereocenters. The number of anilines is 1. The van der Waals surface area contributed by atoms with Crippen molar-refractivity contribution in [2.45, 2.75) is 17.9 Å². The fourth-order valence-corrected chi connectivity index (χ4v) is 4.25. The zero-order valence-corrected chi connectivity index (χ0v) is 17.8. The second kappa shape index (κ2) is 9.17. The molecule has 0 N–H and O–H groups in total. The van der Waals surface area contributed by atoms with E-state index in [0.29, 0.717) is 22.2 Å². The summed E-state index contributed by atoms with van der Waals surface area (Å²) in [5.74, 6) is 1.83. The van der Waals surface area contributed by atoms with Crippen LogP contribution in [-0.2, 0) is 11.2 Å². The van der Waals surface area contributed by atoms with E-state index in [9.17, 15) is 4.79 Å². The van der Waals surface area contributed by atoms with Gasteiger partial charge in [-0.3, -0.25) is 4.79 Å². The van der Waals surface area contributed by atoms with E-state index in [4.69, 9.17) is 9.47 Å². The van der Waals surface area contributed by atoms with Crippen LogP contribution in [0.5, 0.6) is 11.5 Å². The van der Waals surface area contributed by atoms with Crippen molar-refractivity contribution < 1.29 is 14.3 Å². The van der Waals surface area contributed by atoms with E-state index in [1.807, 2.05) is 53.4 Å². The number of aryl methyl sites for hydroxylation is 1. The second-order valence-corrected chi connectivity index (χ2v) is 7.88. The summed E-state index contributed by atoms with van der Waals surface area (Å²) in [5.41, 5.74) is 3.76. The molecular formula is C23H23N3O3S. The Labute approximate surface area is 180 Å². The summed E-state index contributed by atoms with van der Waals surface area (Å²) in [4.78, 5) is 14.7. The number of hydrogen-bond donors (Lipinski definition) is 0. The van der Waals surface area contributed by atoms with E-state index in [1.165, 1.54) is 17.3 Å². The molecule has 7 heteroatoms. The van der Waals surface area contributed by atoms with Crippen molar-refractivity contribution in [2.24, 2.45) is 0 Å². The highest BCUT2D eigenvalue weighted by Gasteiger charge is 2.22. The lowest BCUT2D eigenvalue weighted by molar-refractivity contribution is -0.116. The van der Waals surface area contributed by atoms with Crippen molar-refractivity contribution in [1.29, 1.82) is 0 Å². The van der Waals surface area contributed by atoms with Crippen molar-refractivity contribution in [3.05, 3.63) is 60.2 Å². The van der Waals surface area contributed by atoms with Crippen LogP contribution in [0.3, 0.4) is 0 Å². The summed E-state index contributed by atoms with van der Waals surface area (Å²) >= 11 is 1.40. The Bertz CT molecular complexity index is 1040. The molecule has 0 saturated carbocycles. The highest BCUT2D eigenvalue weighted by atomic mass is 32.2. The van der Waals surface area contributed by atoms with Crippen LogP contribution in [0.1, 0.15) is 12.0 Å². The van der Waals surface area contributed by atoms with Crippen LogP contribution in [0.15, 0.2) is 59.6 Å². The number of carbonyl (C=O) groups is 1. The first-order chi connectivity index (χ1) is 14.7. The summed E-state index contributed by atoms with van der Waals surface area (Å²) in [6, 6.07) is 17.4. The molecule has 2 aromatic carbocycles. The van der Waals surface area contributed by atoms with Crippen molar-refractivity contribution in [2.75, 3.05) is 31.4 Å². The number of carbonyl (C=O) groups excluding carboxylic acids is 1. The summed E-state index contributed by atoms with van der Waals surface area (Å²) in [5, 5.41) is 9.33. The average Bonchev–Trinajstić information content (AvgIpc) is 2.82. The van der Waals surface area contributed by atoms with Gasteiger partial charge in [-0.1, -0.05) is 30.0 Å². The topological polar surface area (TPSA) is 64.6 Å². The number of nitrogens with zero attached hydrogens (tertiary/aromatic N) is 3. The standard InChI is InChI=1S/C23H23N3O3S/c1-28-17-9-11-21(29-2)18(14-17)19-10-12-22(25-24-19)30-15-23(27)26-13-5-7-16-6-3-4-8-20(16)26/h3-4,6,8-12,14H,5,7,13,15H2,1-2H3. The number of thioether (sulfide) groups is 1. The Balaban J connectivity index is 1.44. The maximum absolute atomic E-state index is 12.8. The normalized spacial score (nSPS) is 12.9. The molecule has 0 unspecified atom stereocenters. The van der Waals surface area contributed by atoms with Crippen molar-refractivity contribution >= 4 is 23.4 Å². The van der Waals surface area contributed by atoms with Crippen LogP contribution in [0.4, 0.5) is 5.69 Å². The van der Waals surface area contributed by atoms with Gasteiger partial charge in [0.1, 0.15) is 16.5 Å². The van der Waals surface area contributed by atoms with Gasteiger partial charge in [0, 0.05) is 17.8 Å². The summed E-state index contributed by atoms with van der Waals surface area (Å²) in [6.45, 7) is 0.761. The van der Waals surface area contributed by atoms with Crippen LogP contribution < -0.4 is 14.4 Å². The molecule has 1 aliphatic heterocycles. The Kier molecular flexibility index (Phi) is 6.18. The number of rotatable bonds is 6. The van der Waals surface area contributed by atoms with E-state index >= 15 is 0 Å². The van der Waals surface area contributed by atoms with Gasteiger partial charge >= 0.3 is 0 Å². The first-order valence-electron chi connectivity index (χ1n) is 9.77. The SMILES string of the molecule is COc1ccc(OC)c(-c2ccc(SCC(=O)N3CCCc4ccccc43)nn2)c1. The molecule has 0 radical (unpaired) electrons. The zero-order chi connectivity index (χ0) is 20.9. The van der Waals surface area contributed by atoms with Crippen molar-refractivity contribution in [3.63, 3.8) is 0 Å². The average molecular weight is 422 g/mol. The van der Waals surface area contributed by atoms with Crippen LogP contribution in [0, 0.1) is 0 Å². The van der Waals surface area contributed by atoms with Gasteiger partial charge in [0.2, 0.25) is 5.91 Å². The zero-order valence-electron chi connectivity index (χ0n) is 17.0. The minimum absolute atomic E-state index is 0.0903. The molecule has 0 aliphatic carbocycles. The molecular weight excluding hydrogens is 398 g/mol. The van der Waals surface area contributed by atoms with Gasteiger partial charge in [-0.25, -0.2) is 0 Å². The fourth-order valence-electron chi connectivity index (χ4n) is 3.56. The summed E-state index contributed by atoms with van der Waals surface area (Å²) in [7, 11) is 3.24. The van der Waals surface area contributed by atoms with E-state index in [-0.39, 0.29) is 5.91 Å². The molecule has 0 spiro atoms. The molecule has 2 heterocycles. The quantitative estimate of drug-likeness (QED) is 0.555. The molecule has 4 rings (SSSR count). The third-order valence-electron chi connectivity index (χ3n) is 5.08. The minimum Gasteiger partial charge on any atom is -0.497 e. The highest BCUT2D eigenvalue weighted by molar-refractivity contribution is 7.99. The van der Waals surface area contributed by atoms with Gasteiger partial charge in [-0.05, 0) is 54.8 Å². The lowest BCUT2D eigenvalue weighted by Gasteiger charge is -2.29. The smallest absolute Gasteiger partial charge is 0.237 e. The minimum atomic E-state index is 0.0903. The maximum atomic E-state index is 12.8. The summed E-state index contributed by atoms with van der Waals surface area (Å²) in [6.07, 6.45) is 2.01.